The zero-order valence-corrected chi connectivity index (χ0v) is 12.2. The van der Waals surface area contributed by atoms with Gasteiger partial charge in [0.1, 0.15) is 5.69 Å². The van der Waals surface area contributed by atoms with Gasteiger partial charge in [-0.3, -0.25) is 9.78 Å². The number of aryl methyl sites for hydroxylation is 1. The third kappa shape index (κ3) is 3.21. The Labute approximate surface area is 124 Å². The summed E-state index contributed by atoms with van der Waals surface area (Å²) in [5, 5.41) is 2.88. The third-order valence-electron chi connectivity index (χ3n) is 3.74. The lowest BCUT2D eigenvalue weighted by Crippen LogP contribution is -2.17. The van der Waals surface area contributed by atoms with Gasteiger partial charge in [-0.25, -0.2) is 0 Å². The van der Waals surface area contributed by atoms with E-state index in [0.29, 0.717) is 5.69 Å². The minimum atomic E-state index is -0.173. The number of hydrogen-bond donors (Lipinski definition) is 1. The molecule has 21 heavy (non-hydrogen) atoms. The molecule has 2 heterocycles. The monoisotopic (exact) mass is 281 g/mol. The number of benzene rings is 1. The molecule has 0 aliphatic carbocycles. The van der Waals surface area contributed by atoms with Crippen LogP contribution in [0.25, 0.3) is 0 Å². The summed E-state index contributed by atoms with van der Waals surface area (Å²) in [6.07, 6.45) is 4.18. The molecule has 0 atom stereocenters. The quantitative estimate of drug-likeness (QED) is 0.939. The number of rotatable bonds is 3. The first-order chi connectivity index (χ1) is 10.2. The number of hydrogen-bond acceptors (Lipinski definition) is 3. The highest BCUT2D eigenvalue weighted by atomic mass is 16.1. The highest BCUT2D eigenvalue weighted by Gasteiger charge is 2.12. The molecule has 1 N–H and O–H groups in total. The fraction of sp³-hybridized carbons (Fsp3) is 0.294. The van der Waals surface area contributed by atoms with E-state index in [2.05, 4.69) is 27.3 Å². The second-order valence-electron chi connectivity index (χ2n) is 5.41. The van der Waals surface area contributed by atoms with E-state index in [1.807, 2.05) is 25.1 Å². The number of anilines is 2. The lowest BCUT2D eigenvalue weighted by Gasteiger charge is -2.17. The minimum absolute atomic E-state index is 0.173. The SMILES string of the molecule is Cc1ccnc(C(=O)Nc2ccc(N3CCCC3)cc2)c1. The van der Waals surface area contributed by atoms with Gasteiger partial charge in [0.25, 0.3) is 5.91 Å². The normalized spacial score (nSPS) is 14.2. The molecule has 4 nitrogen and oxygen atoms in total. The number of carbonyl (C=O) groups excluding carboxylic acids is 1. The van der Waals surface area contributed by atoms with E-state index in [-0.39, 0.29) is 5.91 Å². The molecule has 1 saturated heterocycles. The molecular formula is C17H19N3O. The summed E-state index contributed by atoms with van der Waals surface area (Å²) >= 11 is 0. The van der Waals surface area contributed by atoms with Crippen molar-refractivity contribution in [3.63, 3.8) is 0 Å². The Kier molecular flexibility index (Phi) is 3.86. The molecule has 0 bridgehead atoms. The van der Waals surface area contributed by atoms with E-state index < -0.39 is 0 Å². The lowest BCUT2D eigenvalue weighted by molar-refractivity contribution is 0.102. The smallest absolute Gasteiger partial charge is 0.274 e. The van der Waals surface area contributed by atoms with Crippen LogP contribution >= 0.6 is 0 Å². The van der Waals surface area contributed by atoms with E-state index >= 15 is 0 Å². The average molecular weight is 281 g/mol. The predicted octanol–water partition coefficient (Wildman–Crippen LogP) is 3.24. The van der Waals surface area contributed by atoms with Crippen molar-refractivity contribution < 1.29 is 4.79 Å². The Morgan fingerprint density at radius 1 is 1.14 bits per heavy atom. The van der Waals surface area contributed by atoms with E-state index in [4.69, 9.17) is 0 Å². The highest BCUT2D eigenvalue weighted by Crippen LogP contribution is 2.22. The van der Waals surface area contributed by atoms with Crippen LogP contribution in [-0.4, -0.2) is 24.0 Å². The van der Waals surface area contributed by atoms with Gasteiger partial charge >= 0.3 is 0 Å². The number of amides is 1. The summed E-state index contributed by atoms with van der Waals surface area (Å²) in [4.78, 5) is 18.6. The fourth-order valence-electron chi connectivity index (χ4n) is 2.59. The Bertz CT molecular complexity index is 631. The molecule has 3 rings (SSSR count). The van der Waals surface area contributed by atoms with E-state index in [1.54, 1.807) is 12.3 Å². The lowest BCUT2D eigenvalue weighted by atomic mass is 10.2. The number of carbonyl (C=O) groups is 1. The van der Waals surface area contributed by atoms with Crippen LogP contribution in [0.1, 0.15) is 28.9 Å². The molecule has 1 amide bonds. The second kappa shape index (κ2) is 5.95. The molecular weight excluding hydrogens is 262 g/mol. The van der Waals surface area contributed by atoms with Crippen molar-refractivity contribution in [3.05, 3.63) is 53.9 Å². The van der Waals surface area contributed by atoms with Crippen LogP contribution in [0, 0.1) is 6.92 Å². The van der Waals surface area contributed by atoms with Crippen LogP contribution in [-0.2, 0) is 0 Å². The summed E-state index contributed by atoms with van der Waals surface area (Å²) in [6.45, 7) is 4.20. The van der Waals surface area contributed by atoms with E-state index in [1.165, 1.54) is 18.5 Å². The predicted molar refractivity (Wildman–Crippen MR) is 84.8 cm³/mol. The number of nitrogens with one attached hydrogen (secondary N) is 1. The largest absolute Gasteiger partial charge is 0.372 e. The van der Waals surface area contributed by atoms with Crippen LogP contribution in [0.2, 0.25) is 0 Å². The minimum Gasteiger partial charge on any atom is -0.372 e. The first-order valence-corrected chi connectivity index (χ1v) is 7.31. The van der Waals surface area contributed by atoms with Crippen LogP contribution in [0.15, 0.2) is 42.6 Å². The molecule has 0 saturated carbocycles. The van der Waals surface area contributed by atoms with Crippen molar-refractivity contribution in [2.24, 2.45) is 0 Å². The first-order valence-electron chi connectivity index (χ1n) is 7.31. The highest BCUT2D eigenvalue weighted by molar-refractivity contribution is 6.03. The second-order valence-corrected chi connectivity index (χ2v) is 5.41. The maximum Gasteiger partial charge on any atom is 0.274 e. The zero-order chi connectivity index (χ0) is 14.7. The standard InChI is InChI=1S/C17H19N3O/c1-13-8-9-18-16(12-13)17(21)19-14-4-6-15(7-5-14)20-10-2-3-11-20/h4-9,12H,2-3,10-11H2,1H3,(H,19,21). The number of aromatic nitrogens is 1. The van der Waals surface area contributed by atoms with Crippen LogP contribution in [0.4, 0.5) is 11.4 Å². The third-order valence-corrected chi connectivity index (χ3v) is 3.74. The first kappa shape index (κ1) is 13.6. The average Bonchev–Trinajstić information content (AvgIpc) is 3.02. The summed E-state index contributed by atoms with van der Waals surface area (Å²) < 4.78 is 0. The molecule has 1 aromatic carbocycles. The number of pyridine rings is 1. The van der Waals surface area contributed by atoms with Crippen LogP contribution in [0.5, 0.6) is 0 Å². The Morgan fingerprint density at radius 2 is 1.86 bits per heavy atom. The topological polar surface area (TPSA) is 45.2 Å². The van der Waals surface area contributed by atoms with E-state index in [9.17, 15) is 4.79 Å². The van der Waals surface area contributed by atoms with Crippen molar-refractivity contribution in [3.8, 4) is 0 Å². The molecule has 1 aromatic heterocycles. The molecule has 0 radical (unpaired) electrons. The van der Waals surface area contributed by atoms with Gasteiger partial charge in [0.2, 0.25) is 0 Å². The van der Waals surface area contributed by atoms with E-state index in [0.717, 1.165) is 24.3 Å². The summed E-state index contributed by atoms with van der Waals surface area (Å²) in [7, 11) is 0. The van der Waals surface area contributed by atoms with Crippen molar-refractivity contribution in [1.29, 1.82) is 0 Å². The Balaban J connectivity index is 1.68. The molecule has 108 valence electrons. The number of nitrogens with zero attached hydrogens (tertiary/aromatic N) is 2. The fourth-order valence-corrected chi connectivity index (χ4v) is 2.59. The maximum absolute atomic E-state index is 12.1. The zero-order valence-electron chi connectivity index (χ0n) is 12.2. The van der Waals surface area contributed by atoms with Gasteiger partial charge in [-0.15, -0.1) is 0 Å². The summed E-state index contributed by atoms with van der Waals surface area (Å²) in [5.74, 6) is -0.173. The van der Waals surface area contributed by atoms with Crippen molar-refractivity contribution >= 4 is 17.3 Å². The summed E-state index contributed by atoms with van der Waals surface area (Å²) in [5.41, 5.74) is 3.49. The van der Waals surface area contributed by atoms with Crippen molar-refractivity contribution in [2.45, 2.75) is 19.8 Å². The van der Waals surface area contributed by atoms with Crippen molar-refractivity contribution in [1.82, 2.24) is 4.98 Å². The van der Waals surface area contributed by atoms with Gasteiger partial charge in [-0.1, -0.05) is 0 Å². The van der Waals surface area contributed by atoms with Gasteiger partial charge in [0, 0.05) is 30.7 Å². The van der Waals surface area contributed by atoms with Gasteiger partial charge in [0.15, 0.2) is 0 Å². The maximum atomic E-state index is 12.1. The van der Waals surface area contributed by atoms with Crippen molar-refractivity contribution in [2.75, 3.05) is 23.3 Å². The molecule has 0 unspecified atom stereocenters. The van der Waals surface area contributed by atoms with Crippen LogP contribution < -0.4 is 10.2 Å². The summed E-state index contributed by atoms with van der Waals surface area (Å²) in [6, 6.07) is 11.7. The molecule has 2 aromatic rings. The Hall–Kier alpha value is -2.36. The molecule has 1 fully saturated rings. The molecule has 0 spiro atoms. The molecule has 1 aliphatic rings. The molecule has 1 aliphatic heterocycles. The molecule has 4 heteroatoms. The van der Waals surface area contributed by atoms with Gasteiger partial charge in [-0.05, 0) is 61.7 Å². The van der Waals surface area contributed by atoms with Gasteiger partial charge < -0.3 is 10.2 Å². The van der Waals surface area contributed by atoms with Gasteiger partial charge in [0.05, 0.1) is 0 Å². The Morgan fingerprint density at radius 3 is 2.52 bits per heavy atom. The van der Waals surface area contributed by atoms with Crippen LogP contribution in [0.3, 0.4) is 0 Å². The van der Waals surface area contributed by atoms with Gasteiger partial charge in [-0.2, -0.15) is 0 Å².